The summed E-state index contributed by atoms with van der Waals surface area (Å²) in [6.45, 7) is 4.69. The number of hydrazine groups is 1. The van der Waals surface area contributed by atoms with E-state index in [-0.39, 0.29) is 0 Å². The Morgan fingerprint density at radius 2 is 2.05 bits per heavy atom. The molecule has 7 nitrogen and oxygen atoms in total. The molecule has 0 radical (unpaired) electrons. The number of nitrogen functional groups attached to an aromatic ring is 1. The van der Waals surface area contributed by atoms with E-state index in [1.165, 1.54) is 25.7 Å². The van der Waals surface area contributed by atoms with Gasteiger partial charge in [-0.2, -0.15) is 15.0 Å². The van der Waals surface area contributed by atoms with Gasteiger partial charge in [0, 0.05) is 13.1 Å². The number of nitrogens with zero attached hydrogens (tertiary/aromatic N) is 4. The molecule has 1 aromatic rings. The van der Waals surface area contributed by atoms with Crippen LogP contribution >= 0.6 is 0 Å². The highest BCUT2D eigenvalue weighted by Gasteiger charge is 2.27. The zero-order valence-electron chi connectivity index (χ0n) is 12.5. The van der Waals surface area contributed by atoms with Gasteiger partial charge in [-0.05, 0) is 25.7 Å². The van der Waals surface area contributed by atoms with E-state index in [1.807, 2.05) is 14.0 Å². The van der Waals surface area contributed by atoms with Crippen LogP contribution in [0.5, 0.6) is 6.01 Å². The fourth-order valence-electron chi connectivity index (χ4n) is 2.78. The number of hydrogen-bond acceptors (Lipinski definition) is 7. The summed E-state index contributed by atoms with van der Waals surface area (Å²) in [5, 5.41) is 0. The minimum atomic E-state index is 0.306. The second-order valence-electron chi connectivity index (χ2n) is 5.26. The Hall–Kier alpha value is -1.63. The first-order valence-electron chi connectivity index (χ1n) is 7.24. The summed E-state index contributed by atoms with van der Waals surface area (Å²) in [5.74, 6) is 6.98. The zero-order valence-corrected chi connectivity index (χ0v) is 12.5. The van der Waals surface area contributed by atoms with Crippen LogP contribution in [0.2, 0.25) is 0 Å². The first kappa shape index (κ1) is 14.8. The van der Waals surface area contributed by atoms with Gasteiger partial charge in [-0.15, -0.1) is 0 Å². The van der Waals surface area contributed by atoms with Crippen LogP contribution in [0, 0.1) is 5.92 Å². The van der Waals surface area contributed by atoms with Crippen molar-refractivity contribution in [2.24, 2.45) is 11.8 Å². The third kappa shape index (κ3) is 3.27. The summed E-state index contributed by atoms with van der Waals surface area (Å²) in [6.07, 6.45) is 4.98. The van der Waals surface area contributed by atoms with Gasteiger partial charge in [-0.3, -0.25) is 5.43 Å². The Morgan fingerprint density at radius 3 is 2.70 bits per heavy atom. The highest BCUT2D eigenvalue weighted by atomic mass is 16.5. The smallest absolute Gasteiger partial charge is 0.323 e. The summed E-state index contributed by atoms with van der Waals surface area (Å²) in [5.41, 5.74) is 2.47. The predicted molar refractivity (Wildman–Crippen MR) is 78.6 cm³/mol. The van der Waals surface area contributed by atoms with E-state index in [1.54, 1.807) is 0 Å². The van der Waals surface area contributed by atoms with Crippen LogP contribution in [0.1, 0.15) is 39.5 Å². The summed E-state index contributed by atoms with van der Waals surface area (Å²) >= 11 is 0. The Bertz CT molecular complexity index is 441. The van der Waals surface area contributed by atoms with Crippen molar-refractivity contribution >= 4 is 11.9 Å². The van der Waals surface area contributed by atoms with Gasteiger partial charge < -0.3 is 9.64 Å². The molecule has 1 saturated carbocycles. The molecule has 0 aliphatic heterocycles. The van der Waals surface area contributed by atoms with Gasteiger partial charge in [-0.25, -0.2) is 5.84 Å². The Kier molecular flexibility index (Phi) is 4.94. The van der Waals surface area contributed by atoms with Crippen molar-refractivity contribution in [3.8, 4) is 6.01 Å². The number of rotatable bonds is 5. The Morgan fingerprint density at radius 1 is 1.30 bits per heavy atom. The molecule has 1 aliphatic rings. The van der Waals surface area contributed by atoms with Crippen LogP contribution in [-0.4, -0.2) is 34.6 Å². The molecule has 1 aromatic heterocycles. The van der Waals surface area contributed by atoms with Gasteiger partial charge in [0.15, 0.2) is 0 Å². The molecule has 1 heterocycles. The average molecular weight is 280 g/mol. The molecule has 20 heavy (non-hydrogen) atoms. The van der Waals surface area contributed by atoms with E-state index in [0.717, 1.165) is 0 Å². The largest absolute Gasteiger partial charge is 0.464 e. The molecule has 112 valence electrons. The summed E-state index contributed by atoms with van der Waals surface area (Å²) in [4.78, 5) is 14.9. The standard InChI is InChI=1S/C13H24N6O/c1-4-20-13-16-11(18-14)15-12(17-13)19(3)10-8-6-5-7-9(10)2/h9-10H,4-8,14H2,1-3H3,(H,15,16,17,18). The van der Waals surface area contributed by atoms with E-state index in [2.05, 4.69) is 32.2 Å². The monoisotopic (exact) mass is 280 g/mol. The second-order valence-corrected chi connectivity index (χ2v) is 5.26. The lowest BCUT2D eigenvalue weighted by atomic mass is 9.85. The fraction of sp³-hybridized carbons (Fsp3) is 0.769. The third-order valence-electron chi connectivity index (χ3n) is 3.88. The fourth-order valence-corrected chi connectivity index (χ4v) is 2.78. The SMILES string of the molecule is CCOc1nc(NN)nc(N(C)C2CCCCC2C)n1. The van der Waals surface area contributed by atoms with Gasteiger partial charge >= 0.3 is 6.01 Å². The van der Waals surface area contributed by atoms with Crippen molar-refractivity contribution in [2.45, 2.75) is 45.6 Å². The van der Waals surface area contributed by atoms with Crippen molar-refractivity contribution in [2.75, 3.05) is 24.0 Å². The topological polar surface area (TPSA) is 89.2 Å². The number of hydrogen-bond donors (Lipinski definition) is 2. The lowest BCUT2D eigenvalue weighted by Gasteiger charge is -2.36. The molecule has 2 rings (SSSR count). The number of nitrogens with one attached hydrogen (secondary N) is 1. The number of nitrogens with two attached hydrogens (primary N) is 1. The van der Waals surface area contributed by atoms with E-state index in [4.69, 9.17) is 10.6 Å². The molecular weight excluding hydrogens is 256 g/mol. The van der Waals surface area contributed by atoms with Gasteiger partial charge in [0.05, 0.1) is 6.61 Å². The van der Waals surface area contributed by atoms with Crippen molar-refractivity contribution in [1.29, 1.82) is 0 Å². The van der Waals surface area contributed by atoms with E-state index >= 15 is 0 Å². The Balaban J connectivity index is 2.23. The average Bonchev–Trinajstić information content (AvgIpc) is 2.47. The van der Waals surface area contributed by atoms with Gasteiger partial charge in [0.25, 0.3) is 0 Å². The summed E-state index contributed by atoms with van der Waals surface area (Å²) in [7, 11) is 2.03. The molecule has 0 saturated heterocycles. The second kappa shape index (κ2) is 6.69. The van der Waals surface area contributed by atoms with Crippen LogP contribution in [0.15, 0.2) is 0 Å². The summed E-state index contributed by atoms with van der Waals surface area (Å²) < 4.78 is 5.37. The van der Waals surface area contributed by atoms with E-state index < -0.39 is 0 Å². The number of aromatic nitrogens is 3. The predicted octanol–water partition coefficient (Wildman–Crippen LogP) is 1.57. The third-order valence-corrected chi connectivity index (χ3v) is 3.88. The maximum absolute atomic E-state index is 5.41. The maximum Gasteiger partial charge on any atom is 0.323 e. The molecule has 2 unspecified atom stereocenters. The number of ether oxygens (including phenoxy) is 1. The molecule has 1 fully saturated rings. The zero-order chi connectivity index (χ0) is 14.5. The van der Waals surface area contributed by atoms with E-state index in [0.29, 0.717) is 36.5 Å². The van der Waals surface area contributed by atoms with Gasteiger partial charge in [-0.1, -0.05) is 19.8 Å². The van der Waals surface area contributed by atoms with Crippen LogP contribution in [0.3, 0.4) is 0 Å². The van der Waals surface area contributed by atoms with Gasteiger partial charge in [0.2, 0.25) is 11.9 Å². The molecule has 0 bridgehead atoms. The van der Waals surface area contributed by atoms with Crippen molar-refractivity contribution in [3.63, 3.8) is 0 Å². The van der Waals surface area contributed by atoms with Crippen LogP contribution in [0.4, 0.5) is 11.9 Å². The number of anilines is 2. The normalized spacial score (nSPS) is 22.4. The van der Waals surface area contributed by atoms with Crippen molar-refractivity contribution in [1.82, 2.24) is 15.0 Å². The summed E-state index contributed by atoms with van der Waals surface area (Å²) in [6, 6.07) is 0.756. The molecule has 3 N–H and O–H groups in total. The molecule has 0 aromatic carbocycles. The van der Waals surface area contributed by atoms with Crippen LogP contribution < -0.4 is 20.9 Å². The Labute approximate surface area is 119 Å². The highest BCUT2D eigenvalue weighted by Crippen LogP contribution is 2.29. The molecule has 0 amide bonds. The first-order valence-corrected chi connectivity index (χ1v) is 7.24. The van der Waals surface area contributed by atoms with E-state index in [9.17, 15) is 0 Å². The quantitative estimate of drug-likeness (QED) is 0.625. The maximum atomic E-state index is 5.41. The van der Waals surface area contributed by atoms with Gasteiger partial charge in [0.1, 0.15) is 0 Å². The van der Waals surface area contributed by atoms with Crippen LogP contribution in [-0.2, 0) is 0 Å². The molecule has 1 aliphatic carbocycles. The lowest BCUT2D eigenvalue weighted by Crippen LogP contribution is -2.40. The van der Waals surface area contributed by atoms with Crippen molar-refractivity contribution in [3.05, 3.63) is 0 Å². The highest BCUT2D eigenvalue weighted by molar-refractivity contribution is 5.38. The molecular formula is C13H24N6O. The molecule has 2 atom stereocenters. The van der Waals surface area contributed by atoms with Crippen LogP contribution in [0.25, 0.3) is 0 Å². The minimum absolute atomic E-state index is 0.306. The van der Waals surface area contributed by atoms with Crippen molar-refractivity contribution < 1.29 is 4.74 Å². The lowest BCUT2D eigenvalue weighted by molar-refractivity contribution is 0.305. The first-order chi connectivity index (χ1) is 9.65. The minimum Gasteiger partial charge on any atom is -0.464 e. The molecule has 0 spiro atoms. The molecule has 7 heteroatoms.